The normalized spacial score (nSPS) is 17.4. The number of hydrogen-bond donors (Lipinski definition) is 0. The van der Waals surface area contributed by atoms with Crippen molar-refractivity contribution >= 4 is 44.6 Å². The average molecular weight is 807 g/mol. The molecule has 0 saturated heterocycles. The molecule has 8 aromatic rings. The van der Waals surface area contributed by atoms with E-state index in [9.17, 15) is 0 Å². The summed E-state index contributed by atoms with van der Waals surface area (Å²) in [5.74, 6) is 2.00. The highest BCUT2D eigenvalue weighted by molar-refractivity contribution is 6.22. The van der Waals surface area contributed by atoms with Crippen LogP contribution >= 0.6 is 0 Å². The van der Waals surface area contributed by atoms with Crippen LogP contribution in [0.25, 0.3) is 54.9 Å². The van der Waals surface area contributed by atoms with Gasteiger partial charge in [0.1, 0.15) is 11.7 Å². The standard InChI is InChI=1S/C58H54N4/c1-55(2)57(5,6)61(45-22-14-10-15-23-45)53(59-55)42-32-28-40(29-33-42)51-47-26-18-19-27-48(47)52(50-38-44(36-37-49(50)51)39-20-12-9-13-21-39)41-30-34-43(35-31-41)54-60-56(3,4)58(7,8)62(54)46-24-16-11-17-25-46/h9-38H,1-8H3. The minimum atomic E-state index is -0.288. The van der Waals surface area contributed by atoms with E-state index in [-0.39, 0.29) is 22.2 Å². The predicted octanol–water partition coefficient (Wildman–Crippen LogP) is 14.6. The summed E-state index contributed by atoms with van der Waals surface area (Å²) in [6, 6.07) is 66.3. The van der Waals surface area contributed by atoms with Gasteiger partial charge < -0.3 is 9.80 Å². The molecule has 2 aliphatic heterocycles. The van der Waals surface area contributed by atoms with Crippen molar-refractivity contribution in [3.63, 3.8) is 0 Å². The second kappa shape index (κ2) is 14.4. The Morgan fingerprint density at radius 3 is 1.08 bits per heavy atom. The van der Waals surface area contributed by atoms with Crippen LogP contribution in [-0.4, -0.2) is 33.8 Å². The molecule has 62 heavy (non-hydrogen) atoms. The molecule has 10 rings (SSSR count). The zero-order chi connectivity index (χ0) is 43.0. The lowest BCUT2D eigenvalue weighted by Crippen LogP contribution is -2.53. The molecule has 8 aromatic carbocycles. The molecule has 2 heterocycles. The minimum Gasteiger partial charge on any atom is -0.318 e. The third-order valence-electron chi connectivity index (χ3n) is 14.3. The van der Waals surface area contributed by atoms with Crippen molar-refractivity contribution in [2.24, 2.45) is 9.98 Å². The maximum absolute atomic E-state index is 5.39. The van der Waals surface area contributed by atoms with Gasteiger partial charge in [0.05, 0.1) is 22.2 Å². The van der Waals surface area contributed by atoms with Crippen molar-refractivity contribution < 1.29 is 0 Å². The largest absolute Gasteiger partial charge is 0.318 e. The fourth-order valence-electron chi connectivity index (χ4n) is 9.59. The van der Waals surface area contributed by atoms with Gasteiger partial charge in [-0.1, -0.05) is 152 Å². The first-order valence-electron chi connectivity index (χ1n) is 21.9. The molecule has 0 fully saturated rings. The Kier molecular flexibility index (Phi) is 9.15. The molecule has 0 amide bonds. The quantitative estimate of drug-likeness (QED) is 0.150. The van der Waals surface area contributed by atoms with Gasteiger partial charge in [-0.2, -0.15) is 0 Å². The van der Waals surface area contributed by atoms with E-state index in [1.54, 1.807) is 0 Å². The molecule has 306 valence electrons. The summed E-state index contributed by atoms with van der Waals surface area (Å²) in [4.78, 5) is 15.6. The molecule has 0 saturated carbocycles. The van der Waals surface area contributed by atoms with Crippen molar-refractivity contribution in [2.45, 2.75) is 77.5 Å². The zero-order valence-corrected chi connectivity index (χ0v) is 37.1. The van der Waals surface area contributed by atoms with E-state index in [0.717, 1.165) is 34.2 Å². The topological polar surface area (TPSA) is 31.2 Å². The number of para-hydroxylation sites is 2. The summed E-state index contributed by atoms with van der Waals surface area (Å²) in [6.07, 6.45) is 0. The predicted molar refractivity (Wildman–Crippen MR) is 265 cm³/mol. The molecule has 4 heteroatoms. The fourth-order valence-corrected chi connectivity index (χ4v) is 9.59. The third-order valence-corrected chi connectivity index (χ3v) is 14.3. The van der Waals surface area contributed by atoms with Crippen molar-refractivity contribution in [2.75, 3.05) is 9.80 Å². The van der Waals surface area contributed by atoms with Gasteiger partial charge in [-0.25, -0.2) is 0 Å². The van der Waals surface area contributed by atoms with Gasteiger partial charge in [0.15, 0.2) is 0 Å². The average Bonchev–Trinajstić information content (AvgIpc) is 3.60. The van der Waals surface area contributed by atoms with Crippen LogP contribution in [0.2, 0.25) is 0 Å². The van der Waals surface area contributed by atoms with Gasteiger partial charge in [0, 0.05) is 22.5 Å². The highest BCUT2D eigenvalue weighted by Crippen LogP contribution is 2.47. The summed E-state index contributed by atoms with van der Waals surface area (Å²) in [6.45, 7) is 18.2. The monoisotopic (exact) mass is 806 g/mol. The summed E-state index contributed by atoms with van der Waals surface area (Å²) < 4.78 is 0. The van der Waals surface area contributed by atoms with Crippen LogP contribution in [0.4, 0.5) is 11.4 Å². The second-order valence-electron chi connectivity index (χ2n) is 19.0. The molecule has 0 radical (unpaired) electrons. The molecular weight excluding hydrogens is 753 g/mol. The third kappa shape index (κ3) is 6.18. The first-order chi connectivity index (χ1) is 29.8. The van der Waals surface area contributed by atoms with E-state index in [1.807, 2.05) is 0 Å². The van der Waals surface area contributed by atoms with Crippen molar-refractivity contribution in [3.05, 3.63) is 193 Å². The molecule has 4 nitrogen and oxygen atoms in total. The molecule has 0 spiro atoms. The van der Waals surface area contributed by atoms with E-state index in [0.29, 0.717) is 0 Å². The lowest BCUT2D eigenvalue weighted by atomic mass is 9.83. The lowest BCUT2D eigenvalue weighted by molar-refractivity contribution is 0.338. The number of nitrogens with zero attached hydrogens (tertiary/aromatic N) is 4. The molecule has 0 bridgehead atoms. The smallest absolute Gasteiger partial charge is 0.136 e. The van der Waals surface area contributed by atoms with Gasteiger partial charge in [0.2, 0.25) is 0 Å². The molecular formula is C58H54N4. The highest BCUT2D eigenvalue weighted by atomic mass is 15.3. The number of fused-ring (bicyclic) bond motifs is 2. The maximum Gasteiger partial charge on any atom is 0.136 e. The lowest BCUT2D eigenvalue weighted by Gasteiger charge is -2.41. The van der Waals surface area contributed by atoms with Gasteiger partial charge >= 0.3 is 0 Å². The Bertz CT molecular complexity index is 3030. The number of rotatable bonds is 7. The van der Waals surface area contributed by atoms with E-state index in [1.165, 1.54) is 54.9 Å². The Labute approximate surface area is 366 Å². The van der Waals surface area contributed by atoms with E-state index in [2.05, 4.69) is 247 Å². The Balaban J connectivity index is 1.13. The fraction of sp³-hybridized carbons (Fsp3) is 0.207. The molecule has 0 aromatic heterocycles. The molecule has 0 atom stereocenters. The second-order valence-corrected chi connectivity index (χ2v) is 19.0. The maximum atomic E-state index is 5.39. The molecule has 0 N–H and O–H groups in total. The van der Waals surface area contributed by atoms with E-state index < -0.39 is 0 Å². The number of hydrogen-bond acceptors (Lipinski definition) is 4. The first-order valence-corrected chi connectivity index (χ1v) is 21.9. The van der Waals surface area contributed by atoms with Crippen LogP contribution in [0.15, 0.2) is 192 Å². The van der Waals surface area contributed by atoms with Gasteiger partial charge in [-0.3, -0.25) is 9.98 Å². The summed E-state index contributed by atoms with van der Waals surface area (Å²) in [5, 5.41) is 4.90. The Hall–Kier alpha value is -6.78. The van der Waals surface area contributed by atoms with Crippen LogP contribution in [0.5, 0.6) is 0 Å². The van der Waals surface area contributed by atoms with Gasteiger partial charge in [-0.05, 0) is 141 Å². The Morgan fingerprint density at radius 2 is 0.645 bits per heavy atom. The molecule has 0 unspecified atom stereocenters. The van der Waals surface area contributed by atoms with E-state index in [4.69, 9.17) is 9.98 Å². The summed E-state index contributed by atoms with van der Waals surface area (Å²) in [7, 11) is 0. The van der Waals surface area contributed by atoms with Crippen LogP contribution in [0, 0.1) is 0 Å². The van der Waals surface area contributed by atoms with E-state index >= 15 is 0 Å². The van der Waals surface area contributed by atoms with Crippen LogP contribution < -0.4 is 9.80 Å². The highest BCUT2D eigenvalue weighted by Gasteiger charge is 2.51. The number of anilines is 2. The van der Waals surface area contributed by atoms with Crippen molar-refractivity contribution in [1.29, 1.82) is 0 Å². The minimum absolute atomic E-state index is 0.224. The number of aliphatic imine (C=N–C) groups is 2. The summed E-state index contributed by atoms with van der Waals surface area (Å²) in [5.41, 5.74) is 10.7. The van der Waals surface area contributed by atoms with Crippen molar-refractivity contribution in [3.8, 4) is 33.4 Å². The van der Waals surface area contributed by atoms with Crippen molar-refractivity contribution in [1.82, 2.24) is 0 Å². The molecule has 2 aliphatic rings. The summed E-state index contributed by atoms with van der Waals surface area (Å²) >= 11 is 0. The zero-order valence-electron chi connectivity index (χ0n) is 37.1. The Morgan fingerprint density at radius 1 is 0.306 bits per heavy atom. The van der Waals surface area contributed by atoms with Crippen LogP contribution in [-0.2, 0) is 0 Å². The van der Waals surface area contributed by atoms with Crippen LogP contribution in [0.3, 0.4) is 0 Å². The van der Waals surface area contributed by atoms with Gasteiger partial charge in [-0.15, -0.1) is 0 Å². The SMILES string of the molecule is CC1(C)N=C(c2ccc(-c3c4ccccc4c(-c4ccc(C5=NC(C)(C)C(C)(C)N5c5ccccc5)cc4)c4cc(-c5ccccc5)ccc34)cc2)N(c2ccccc2)C1(C)C. The van der Waals surface area contributed by atoms with Crippen LogP contribution in [0.1, 0.15) is 66.5 Å². The first kappa shape index (κ1) is 39.4. The molecule has 0 aliphatic carbocycles. The number of amidine groups is 2. The van der Waals surface area contributed by atoms with Gasteiger partial charge in [0.25, 0.3) is 0 Å². The number of benzene rings is 8.